The molecule has 0 aliphatic carbocycles. The van der Waals surface area contributed by atoms with Crippen LogP contribution in [0.4, 0.5) is 21.9 Å². The van der Waals surface area contributed by atoms with Crippen LogP contribution in [0.1, 0.15) is 5.01 Å². The number of nitro benzene ring substituents is 1. The lowest BCUT2D eigenvalue weighted by Gasteiger charge is -2.07. The van der Waals surface area contributed by atoms with E-state index in [9.17, 15) is 14.9 Å². The maximum Gasteiger partial charge on any atom is 0.323 e. The molecule has 0 aliphatic heterocycles. The van der Waals surface area contributed by atoms with Crippen molar-refractivity contribution in [2.24, 2.45) is 0 Å². The Morgan fingerprint density at radius 1 is 1.13 bits per heavy atom. The molecule has 23 heavy (non-hydrogen) atoms. The zero-order valence-corrected chi connectivity index (χ0v) is 12.9. The molecule has 8 heteroatoms. The van der Waals surface area contributed by atoms with Crippen LogP contribution < -0.4 is 10.6 Å². The molecule has 1 aromatic heterocycles. The Bertz CT molecular complexity index is 889. The number of rotatable bonds is 3. The SMILES string of the molecule is Cc1nc2cc(NC(=O)Nc3ccc([N+](=O)[O-])cc3)ccc2s1. The van der Waals surface area contributed by atoms with Gasteiger partial charge >= 0.3 is 6.03 Å². The minimum atomic E-state index is -0.491. The molecule has 3 aromatic rings. The van der Waals surface area contributed by atoms with Crippen LogP contribution in [0.15, 0.2) is 42.5 Å². The zero-order chi connectivity index (χ0) is 16.4. The number of benzene rings is 2. The molecule has 0 unspecified atom stereocenters. The summed E-state index contributed by atoms with van der Waals surface area (Å²) in [6.07, 6.45) is 0. The van der Waals surface area contributed by atoms with E-state index in [2.05, 4.69) is 15.6 Å². The maximum atomic E-state index is 12.0. The molecule has 2 N–H and O–H groups in total. The molecule has 3 rings (SSSR count). The summed E-state index contributed by atoms with van der Waals surface area (Å²) >= 11 is 1.59. The van der Waals surface area contributed by atoms with Gasteiger partial charge in [-0.15, -0.1) is 11.3 Å². The first-order chi connectivity index (χ1) is 11.0. The van der Waals surface area contributed by atoms with Crippen molar-refractivity contribution in [2.45, 2.75) is 6.92 Å². The molecule has 0 spiro atoms. The highest BCUT2D eigenvalue weighted by Crippen LogP contribution is 2.24. The van der Waals surface area contributed by atoms with Crippen LogP contribution in [0.5, 0.6) is 0 Å². The molecule has 0 aliphatic rings. The topological polar surface area (TPSA) is 97.2 Å². The number of urea groups is 1. The van der Waals surface area contributed by atoms with Crippen molar-refractivity contribution in [3.05, 3.63) is 57.6 Å². The largest absolute Gasteiger partial charge is 0.323 e. The standard InChI is InChI=1S/C15H12N4O3S/c1-9-16-13-8-11(4-7-14(13)23-9)18-15(20)17-10-2-5-12(6-3-10)19(21)22/h2-8H,1H3,(H2,17,18,20). The number of anilines is 2. The highest BCUT2D eigenvalue weighted by Gasteiger charge is 2.08. The number of hydrogen-bond donors (Lipinski definition) is 2. The predicted molar refractivity (Wildman–Crippen MR) is 90.1 cm³/mol. The van der Waals surface area contributed by atoms with Gasteiger partial charge in [0.05, 0.1) is 20.1 Å². The van der Waals surface area contributed by atoms with E-state index in [1.165, 1.54) is 24.3 Å². The number of carbonyl (C=O) groups is 1. The van der Waals surface area contributed by atoms with Crippen LogP contribution in [0, 0.1) is 17.0 Å². The number of aryl methyl sites for hydroxylation is 1. The van der Waals surface area contributed by atoms with Gasteiger partial charge in [0.2, 0.25) is 0 Å². The monoisotopic (exact) mass is 328 g/mol. The van der Waals surface area contributed by atoms with Gasteiger partial charge in [-0.2, -0.15) is 0 Å². The molecule has 0 atom stereocenters. The highest BCUT2D eigenvalue weighted by atomic mass is 32.1. The summed E-state index contributed by atoms with van der Waals surface area (Å²) in [6.45, 7) is 1.93. The first kappa shape index (κ1) is 14.9. The second kappa shape index (κ2) is 6.01. The number of fused-ring (bicyclic) bond motifs is 1. The molecule has 2 aromatic carbocycles. The number of thiazole rings is 1. The van der Waals surface area contributed by atoms with Gasteiger partial charge in [0.1, 0.15) is 0 Å². The quantitative estimate of drug-likeness (QED) is 0.557. The molecule has 116 valence electrons. The van der Waals surface area contributed by atoms with Crippen molar-refractivity contribution in [1.29, 1.82) is 0 Å². The van der Waals surface area contributed by atoms with E-state index < -0.39 is 11.0 Å². The number of non-ortho nitro benzene ring substituents is 1. The predicted octanol–water partition coefficient (Wildman–Crippen LogP) is 4.16. The number of carbonyl (C=O) groups excluding carboxylic acids is 1. The van der Waals surface area contributed by atoms with E-state index in [1.807, 2.05) is 13.0 Å². The summed E-state index contributed by atoms with van der Waals surface area (Å²) in [5.74, 6) is 0. The Morgan fingerprint density at radius 2 is 1.78 bits per heavy atom. The van der Waals surface area contributed by atoms with Gasteiger partial charge in [-0.1, -0.05) is 0 Å². The van der Waals surface area contributed by atoms with Crippen LogP contribution in [0.25, 0.3) is 10.2 Å². The zero-order valence-electron chi connectivity index (χ0n) is 12.1. The third kappa shape index (κ3) is 3.43. The van der Waals surface area contributed by atoms with E-state index in [-0.39, 0.29) is 5.69 Å². The van der Waals surface area contributed by atoms with Gasteiger partial charge < -0.3 is 10.6 Å². The van der Waals surface area contributed by atoms with Crippen molar-refractivity contribution >= 4 is 44.6 Å². The minimum absolute atomic E-state index is 0.0275. The number of hydrogen-bond acceptors (Lipinski definition) is 5. The third-order valence-corrected chi connectivity index (χ3v) is 4.04. The van der Waals surface area contributed by atoms with Crippen molar-refractivity contribution < 1.29 is 9.72 Å². The van der Waals surface area contributed by atoms with E-state index >= 15 is 0 Å². The van der Waals surface area contributed by atoms with E-state index in [4.69, 9.17) is 0 Å². The van der Waals surface area contributed by atoms with Gasteiger partial charge in [-0.05, 0) is 37.3 Å². The van der Waals surface area contributed by atoms with Crippen LogP contribution in [-0.2, 0) is 0 Å². The van der Waals surface area contributed by atoms with Crippen LogP contribution in [0.2, 0.25) is 0 Å². The average Bonchev–Trinajstić information content (AvgIpc) is 2.87. The Labute approximate surface area is 135 Å². The van der Waals surface area contributed by atoms with Crippen LogP contribution >= 0.6 is 11.3 Å². The average molecular weight is 328 g/mol. The first-order valence-corrected chi connectivity index (χ1v) is 7.52. The summed E-state index contributed by atoms with van der Waals surface area (Å²) in [6, 6.07) is 10.7. The lowest BCUT2D eigenvalue weighted by Crippen LogP contribution is -2.19. The van der Waals surface area contributed by atoms with Gasteiger partial charge in [0.25, 0.3) is 5.69 Å². The second-order valence-electron chi connectivity index (χ2n) is 4.80. The molecule has 0 radical (unpaired) electrons. The summed E-state index contributed by atoms with van der Waals surface area (Å²) < 4.78 is 1.06. The highest BCUT2D eigenvalue weighted by molar-refractivity contribution is 7.18. The fraction of sp³-hybridized carbons (Fsp3) is 0.0667. The molecular weight excluding hydrogens is 316 g/mol. The Balaban J connectivity index is 1.69. The van der Waals surface area contributed by atoms with E-state index in [1.54, 1.807) is 23.5 Å². The molecule has 0 fully saturated rings. The molecular formula is C15H12N4O3S. The number of nitrogens with one attached hydrogen (secondary N) is 2. The van der Waals surface area contributed by atoms with Crippen LogP contribution in [0.3, 0.4) is 0 Å². The fourth-order valence-corrected chi connectivity index (χ4v) is 2.89. The van der Waals surface area contributed by atoms with E-state index in [0.717, 1.165) is 15.2 Å². The number of nitro groups is 1. The first-order valence-electron chi connectivity index (χ1n) is 6.71. The van der Waals surface area contributed by atoms with Gasteiger partial charge in [-0.3, -0.25) is 10.1 Å². The van der Waals surface area contributed by atoms with Gasteiger partial charge in [-0.25, -0.2) is 9.78 Å². The number of nitrogens with zero attached hydrogens (tertiary/aromatic N) is 2. The Hall–Kier alpha value is -3.00. The summed E-state index contributed by atoms with van der Waals surface area (Å²) in [5, 5.41) is 16.9. The minimum Gasteiger partial charge on any atom is -0.308 e. The van der Waals surface area contributed by atoms with Gasteiger partial charge in [0, 0.05) is 23.5 Å². The number of amides is 2. The lowest BCUT2D eigenvalue weighted by atomic mass is 10.3. The Morgan fingerprint density at radius 3 is 2.48 bits per heavy atom. The number of aromatic nitrogens is 1. The van der Waals surface area contributed by atoms with E-state index in [0.29, 0.717) is 11.4 Å². The smallest absolute Gasteiger partial charge is 0.308 e. The molecule has 2 amide bonds. The maximum absolute atomic E-state index is 12.0. The summed E-state index contributed by atoms with van der Waals surface area (Å²) in [4.78, 5) is 26.4. The summed E-state index contributed by atoms with van der Waals surface area (Å²) in [5.41, 5.74) is 1.90. The molecule has 0 saturated heterocycles. The van der Waals surface area contributed by atoms with Crippen molar-refractivity contribution in [3.63, 3.8) is 0 Å². The molecule has 1 heterocycles. The van der Waals surface area contributed by atoms with Crippen LogP contribution in [-0.4, -0.2) is 15.9 Å². The van der Waals surface area contributed by atoms with Crippen molar-refractivity contribution in [3.8, 4) is 0 Å². The normalized spacial score (nSPS) is 10.5. The lowest BCUT2D eigenvalue weighted by molar-refractivity contribution is -0.384. The summed E-state index contributed by atoms with van der Waals surface area (Å²) in [7, 11) is 0. The van der Waals surface area contributed by atoms with Gasteiger partial charge in [0.15, 0.2) is 0 Å². The Kier molecular flexibility index (Phi) is 3.90. The van der Waals surface area contributed by atoms with Crippen molar-refractivity contribution in [1.82, 2.24) is 4.98 Å². The second-order valence-corrected chi connectivity index (χ2v) is 6.03. The fourth-order valence-electron chi connectivity index (χ4n) is 2.08. The molecule has 7 nitrogen and oxygen atoms in total. The molecule has 0 bridgehead atoms. The molecule has 0 saturated carbocycles. The van der Waals surface area contributed by atoms with Crippen molar-refractivity contribution in [2.75, 3.05) is 10.6 Å². The third-order valence-electron chi connectivity index (χ3n) is 3.09.